The van der Waals surface area contributed by atoms with E-state index >= 15 is 0 Å². The van der Waals surface area contributed by atoms with Crippen LogP contribution >= 0.6 is 0 Å². The van der Waals surface area contributed by atoms with Crippen molar-refractivity contribution in [3.63, 3.8) is 0 Å². The minimum absolute atomic E-state index is 0.190. The first-order valence-electron chi connectivity index (χ1n) is 9.98. The number of aromatic nitrogens is 6. The number of anilines is 1. The summed E-state index contributed by atoms with van der Waals surface area (Å²) < 4.78 is 47.4. The van der Waals surface area contributed by atoms with E-state index in [1.807, 2.05) is 37.0 Å². The molecule has 12 heteroatoms. The SMILES string of the molecule is Cc1c(CN(C)Cc2nc(N3CCOCC3)c3ncn(CC(F)(F)F)c3n2)cnn1C. The van der Waals surface area contributed by atoms with Gasteiger partial charge in [-0.05, 0) is 14.0 Å². The quantitative estimate of drug-likeness (QED) is 0.582. The fourth-order valence-corrected chi connectivity index (χ4v) is 3.64. The molecule has 0 saturated carbocycles. The van der Waals surface area contributed by atoms with E-state index in [-0.39, 0.29) is 5.65 Å². The highest BCUT2D eigenvalue weighted by atomic mass is 19.4. The van der Waals surface area contributed by atoms with E-state index in [2.05, 4.69) is 20.1 Å². The maximum absolute atomic E-state index is 13.1. The van der Waals surface area contributed by atoms with E-state index in [0.29, 0.717) is 56.6 Å². The van der Waals surface area contributed by atoms with E-state index < -0.39 is 12.7 Å². The number of nitrogens with zero attached hydrogens (tertiary/aromatic N) is 8. The van der Waals surface area contributed by atoms with Gasteiger partial charge in [0.1, 0.15) is 12.4 Å². The van der Waals surface area contributed by atoms with Gasteiger partial charge < -0.3 is 14.2 Å². The lowest BCUT2D eigenvalue weighted by Crippen LogP contribution is -2.37. The van der Waals surface area contributed by atoms with Gasteiger partial charge in [-0.1, -0.05) is 0 Å². The molecule has 0 N–H and O–H groups in total. The molecule has 0 amide bonds. The number of hydrogen-bond acceptors (Lipinski definition) is 7. The fourth-order valence-electron chi connectivity index (χ4n) is 3.64. The maximum Gasteiger partial charge on any atom is 0.406 e. The third-order valence-corrected chi connectivity index (χ3v) is 5.34. The summed E-state index contributed by atoms with van der Waals surface area (Å²) >= 11 is 0. The molecule has 9 nitrogen and oxygen atoms in total. The number of halogens is 3. The van der Waals surface area contributed by atoms with Gasteiger partial charge in [-0.15, -0.1) is 0 Å². The average molecular weight is 438 g/mol. The van der Waals surface area contributed by atoms with E-state index in [1.54, 1.807) is 4.68 Å². The molecule has 0 spiro atoms. The highest BCUT2D eigenvalue weighted by molar-refractivity contribution is 5.83. The molecule has 0 aromatic carbocycles. The number of morpholine rings is 1. The molecule has 3 aromatic heterocycles. The van der Waals surface area contributed by atoms with E-state index in [1.165, 1.54) is 6.33 Å². The Balaban J connectivity index is 1.66. The first kappa shape index (κ1) is 21.5. The smallest absolute Gasteiger partial charge is 0.378 e. The van der Waals surface area contributed by atoms with Gasteiger partial charge in [0.05, 0.1) is 32.3 Å². The molecular weight excluding hydrogens is 413 g/mol. The predicted molar refractivity (Wildman–Crippen MR) is 108 cm³/mol. The van der Waals surface area contributed by atoms with Crippen LogP contribution in [0.1, 0.15) is 17.1 Å². The second kappa shape index (κ2) is 8.42. The van der Waals surface area contributed by atoms with Crippen LogP contribution in [0.2, 0.25) is 0 Å². The number of rotatable bonds is 6. The van der Waals surface area contributed by atoms with E-state index in [4.69, 9.17) is 4.74 Å². The van der Waals surface area contributed by atoms with Crippen LogP contribution in [-0.2, 0) is 31.4 Å². The molecule has 1 saturated heterocycles. The average Bonchev–Trinajstić information content (AvgIpc) is 3.25. The van der Waals surface area contributed by atoms with E-state index in [9.17, 15) is 13.2 Å². The molecule has 1 aliphatic heterocycles. The zero-order valence-electron chi connectivity index (χ0n) is 17.7. The Labute approximate surface area is 177 Å². The monoisotopic (exact) mass is 438 g/mol. The lowest BCUT2D eigenvalue weighted by molar-refractivity contribution is -0.140. The molecule has 0 atom stereocenters. The van der Waals surface area contributed by atoms with Crippen LogP contribution in [0.25, 0.3) is 11.2 Å². The van der Waals surface area contributed by atoms with Crippen LogP contribution in [0.4, 0.5) is 19.0 Å². The van der Waals surface area contributed by atoms with E-state index in [0.717, 1.165) is 15.8 Å². The third kappa shape index (κ3) is 4.79. The standard InChI is InChI=1S/C19H25F3N8O/c1-13-14(8-24-28(13)3)9-27(2)10-15-25-17(29-4-6-31-7-5-29)16-18(26-15)30(12-23-16)11-19(20,21)22/h8,12H,4-7,9-11H2,1-3H3. The Morgan fingerprint density at radius 2 is 1.90 bits per heavy atom. The normalized spacial score (nSPS) is 15.4. The van der Waals surface area contributed by atoms with Gasteiger partial charge in [0.2, 0.25) is 0 Å². The van der Waals surface area contributed by atoms with Crippen molar-refractivity contribution in [2.24, 2.45) is 7.05 Å². The minimum atomic E-state index is -4.37. The first-order chi connectivity index (χ1) is 14.7. The molecule has 1 fully saturated rings. The van der Waals surface area contributed by atoms with Crippen molar-refractivity contribution in [1.29, 1.82) is 0 Å². The summed E-state index contributed by atoms with van der Waals surface area (Å²) in [7, 11) is 3.80. The summed E-state index contributed by atoms with van der Waals surface area (Å²) in [5.41, 5.74) is 2.69. The first-order valence-corrected chi connectivity index (χ1v) is 9.98. The largest absolute Gasteiger partial charge is 0.406 e. The lowest BCUT2D eigenvalue weighted by atomic mass is 10.2. The van der Waals surface area contributed by atoms with Crippen molar-refractivity contribution in [1.82, 2.24) is 34.2 Å². The van der Waals surface area contributed by atoms with Gasteiger partial charge in [-0.2, -0.15) is 18.3 Å². The maximum atomic E-state index is 13.1. The molecule has 0 unspecified atom stereocenters. The van der Waals surface area contributed by atoms with Crippen LogP contribution in [-0.4, -0.2) is 73.7 Å². The number of alkyl halides is 3. The Bertz CT molecular complexity index is 1050. The molecule has 4 heterocycles. The van der Waals surface area contributed by atoms with Gasteiger partial charge in [0, 0.05) is 37.9 Å². The Morgan fingerprint density at radius 3 is 2.55 bits per heavy atom. The summed E-state index contributed by atoms with van der Waals surface area (Å²) in [6.07, 6.45) is -1.37. The summed E-state index contributed by atoms with van der Waals surface area (Å²) in [6, 6.07) is 0. The molecule has 3 aromatic rings. The summed E-state index contributed by atoms with van der Waals surface area (Å²) in [4.78, 5) is 17.4. The molecule has 1 aliphatic rings. The molecular formula is C19H25F3N8O. The Kier molecular flexibility index (Phi) is 5.84. The molecule has 0 bridgehead atoms. The van der Waals surface area contributed by atoms with Crippen LogP contribution in [0.3, 0.4) is 0 Å². The van der Waals surface area contributed by atoms with Gasteiger partial charge in [-0.25, -0.2) is 15.0 Å². The molecule has 31 heavy (non-hydrogen) atoms. The predicted octanol–water partition coefficient (Wildman–Crippen LogP) is 1.90. The van der Waals surface area contributed by atoms with Crippen molar-refractivity contribution in [3.8, 4) is 0 Å². The zero-order chi connectivity index (χ0) is 22.2. The number of imidazole rings is 1. The molecule has 4 rings (SSSR count). The van der Waals surface area contributed by atoms with Crippen LogP contribution in [0.15, 0.2) is 12.5 Å². The van der Waals surface area contributed by atoms with Crippen molar-refractivity contribution < 1.29 is 17.9 Å². The van der Waals surface area contributed by atoms with Gasteiger partial charge in [0.25, 0.3) is 0 Å². The van der Waals surface area contributed by atoms with Crippen LogP contribution in [0, 0.1) is 6.92 Å². The topological polar surface area (TPSA) is 77.1 Å². The Hall–Kier alpha value is -2.73. The van der Waals surface area contributed by atoms with Crippen LogP contribution in [0.5, 0.6) is 0 Å². The zero-order valence-corrected chi connectivity index (χ0v) is 17.7. The minimum Gasteiger partial charge on any atom is -0.378 e. The highest BCUT2D eigenvalue weighted by Gasteiger charge is 2.30. The van der Waals surface area contributed by atoms with Gasteiger partial charge in [0.15, 0.2) is 17.0 Å². The van der Waals surface area contributed by atoms with Gasteiger partial charge >= 0.3 is 6.18 Å². The lowest BCUT2D eigenvalue weighted by Gasteiger charge is -2.28. The second-order valence-corrected chi connectivity index (χ2v) is 7.77. The summed E-state index contributed by atoms with van der Waals surface area (Å²) in [6.45, 7) is 4.10. The fraction of sp³-hybridized carbons (Fsp3) is 0.579. The van der Waals surface area contributed by atoms with Gasteiger partial charge in [-0.3, -0.25) is 9.58 Å². The molecule has 0 radical (unpaired) electrons. The van der Waals surface area contributed by atoms with Crippen molar-refractivity contribution in [2.45, 2.75) is 32.7 Å². The van der Waals surface area contributed by atoms with Crippen molar-refractivity contribution in [2.75, 3.05) is 38.3 Å². The Morgan fingerprint density at radius 1 is 1.16 bits per heavy atom. The second-order valence-electron chi connectivity index (χ2n) is 7.77. The summed E-state index contributed by atoms with van der Waals surface area (Å²) in [5.74, 6) is 0.997. The van der Waals surface area contributed by atoms with Crippen molar-refractivity contribution >= 4 is 17.0 Å². The number of fused-ring (bicyclic) bond motifs is 1. The summed E-state index contributed by atoms with van der Waals surface area (Å²) in [5, 5.41) is 4.25. The van der Waals surface area contributed by atoms with Crippen molar-refractivity contribution in [3.05, 3.63) is 29.6 Å². The highest BCUT2D eigenvalue weighted by Crippen LogP contribution is 2.26. The number of aryl methyl sites for hydroxylation is 1. The third-order valence-electron chi connectivity index (χ3n) is 5.34. The van der Waals surface area contributed by atoms with Crippen LogP contribution < -0.4 is 4.90 Å². The molecule has 0 aliphatic carbocycles. The number of hydrogen-bond donors (Lipinski definition) is 0. The number of ether oxygens (including phenoxy) is 1. The molecule has 168 valence electrons.